The van der Waals surface area contributed by atoms with Crippen molar-refractivity contribution in [3.05, 3.63) is 52.2 Å². The minimum absolute atomic E-state index is 0.346. The van der Waals surface area contributed by atoms with E-state index in [2.05, 4.69) is 0 Å². The van der Waals surface area contributed by atoms with Crippen LogP contribution in [0.5, 0.6) is 5.75 Å². The van der Waals surface area contributed by atoms with Crippen molar-refractivity contribution < 1.29 is 19.4 Å². The molecule has 0 aliphatic carbocycles. The molecule has 2 aromatic rings. The monoisotopic (exact) mass is 276 g/mol. The maximum atomic E-state index is 11.9. The van der Waals surface area contributed by atoms with E-state index in [-0.39, 0.29) is 0 Å². The average Bonchev–Trinajstić information content (AvgIpc) is 2.85. The van der Waals surface area contributed by atoms with Crippen molar-refractivity contribution in [1.82, 2.24) is 0 Å². The summed E-state index contributed by atoms with van der Waals surface area (Å²) in [6, 6.07) is 10.2. The fourth-order valence-corrected chi connectivity index (χ4v) is 2.38. The third kappa shape index (κ3) is 3.20. The predicted molar refractivity (Wildman–Crippen MR) is 71.5 cm³/mol. The van der Waals surface area contributed by atoms with Crippen LogP contribution in [0.1, 0.15) is 16.4 Å². The molecule has 0 aliphatic rings. The van der Waals surface area contributed by atoms with Crippen LogP contribution < -0.4 is 4.74 Å². The zero-order valence-electron chi connectivity index (χ0n) is 10.2. The zero-order chi connectivity index (χ0) is 13.8. The van der Waals surface area contributed by atoms with E-state index in [1.807, 2.05) is 6.92 Å². The number of esters is 1. The first-order valence-corrected chi connectivity index (χ1v) is 6.50. The lowest BCUT2D eigenvalue weighted by atomic mass is 10.1. The summed E-state index contributed by atoms with van der Waals surface area (Å²) in [6.45, 7) is 1.91. The number of aliphatic carboxylic acids is 1. The SMILES string of the molecule is Cc1ccc(OC(=O)C(C(=O)O)c2cccs2)cc1. The number of carboxylic acid groups (broad SMARTS) is 1. The van der Waals surface area contributed by atoms with Gasteiger partial charge in [-0.25, -0.2) is 0 Å². The third-order valence-electron chi connectivity index (χ3n) is 2.55. The van der Waals surface area contributed by atoms with E-state index in [0.717, 1.165) is 5.56 Å². The summed E-state index contributed by atoms with van der Waals surface area (Å²) in [5.41, 5.74) is 1.04. The largest absolute Gasteiger partial charge is 0.480 e. The Kier molecular flexibility index (Phi) is 3.97. The molecule has 1 aromatic carbocycles. The van der Waals surface area contributed by atoms with Crippen molar-refractivity contribution in [1.29, 1.82) is 0 Å². The standard InChI is InChI=1S/C14H12O4S/c1-9-4-6-10(7-5-9)18-14(17)12(13(15)16)11-3-2-8-19-11/h2-8,12H,1H3,(H,15,16). The minimum atomic E-state index is -1.28. The van der Waals surface area contributed by atoms with Crippen LogP contribution in [0.25, 0.3) is 0 Å². The van der Waals surface area contributed by atoms with Crippen molar-refractivity contribution in [3.63, 3.8) is 0 Å². The molecule has 0 spiro atoms. The zero-order valence-corrected chi connectivity index (χ0v) is 11.0. The maximum absolute atomic E-state index is 11.9. The lowest BCUT2D eigenvalue weighted by Gasteiger charge is -2.10. The normalized spacial score (nSPS) is 11.8. The van der Waals surface area contributed by atoms with Crippen LogP contribution in [0, 0.1) is 6.92 Å². The second-order valence-electron chi connectivity index (χ2n) is 4.02. The molecule has 0 fully saturated rings. The molecule has 4 nitrogen and oxygen atoms in total. The highest BCUT2D eigenvalue weighted by Crippen LogP contribution is 2.24. The summed E-state index contributed by atoms with van der Waals surface area (Å²) in [4.78, 5) is 23.6. The molecule has 1 heterocycles. The third-order valence-corrected chi connectivity index (χ3v) is 3.49. The van der Waals surface area contributed by atoms with Gasteiger partial charge in [0.25, 0.3) is 0 Å². The quantitative estimate of drug-likeness (QED) is 0.530. The van der Waals surface area contributed by atoms with Gasteiger partial charge < -0.3 is 9.84 Å². The highest BCUT2D eigenvalue weighted by molar-refractivity contribution is 7.10. The van der Waals surface area contributed by atoms with Crippen LogP contribution in [0.2, 0.25) is 0 Å². The molecule has 19 heavy (non-hydrogen) atoms. The van der Waals surface area contributed by atoms with Crippen LogP contribution in [-0.4, -0.2) is 17.0 Å². The van der Waals surface area contributed by atoms with Gasteiger partial charge in [0.05, 0.1) is 0 Å². The van der Waals surface area contributed by atoms with Crippen molar-refractivity contribution in [3.8, 4) is 5.75 Å². The molecule has 1 N–H and O–H groups in total. The van der Waals surface area contributed by atoms with Crippen molar-refractivity contribution >= 4 is 23.3 Å². The summed E-state index contributed by atoms with van der Waals surface area (Å²) in [7, 11) is 0. The number of carbonyl (C=O) groups is 2. The van der Waals surface area contributed by atoms with E-state index in [1.54, 1.807) is 41.8 Å². The van der Waals surface area contributed by atoms with Gasteiger partial charge in [0.15, 0.2) is 5.92 Å². The summed E-state index contributed by atoms with van der Waals surface area (Å²) in [6.07, 6.45) is 0. The number of aryl methyl sites for hydroxylation is 1. The Labute approximate surface area is 114 Å². The molecular weight excluding hydrogens is 264 g/mol. The molecule has 5 heteroatoms. The van der Waals surface area contributed by atoms with E-state index in [9.17, 15) is 9.59 Å². The summed E-state index contributed by atoms with van der Waals surface area (Å²) < 4.78 is 5.10. The van der Waals surface area contributed by atoms with Crippen LogP contribution >= 0.6 is 11.3 Å². The molecule has 0 saturated heterocycles. The van der Waals surface area contributed by atoms with Gasteiger partial charge in [-0.05, 0) is 30.5 Å². The number of hydrogen-bond acceptors (Lipinski definition) is 4. The van der Waals surface area contributed by atoms with Gasteiger partial charge in [0.1, 0.15) is 5.75 Å². The van der Waals surface area contributed by atoms with Crippen molar-refractivity contribution in [2.24, 2.45) is 0 Å². The van der Waals surface area contributed by atoms with Gasteiger partial charge in [-0.2, -0.15) is 0 Å². The Bertz CT molecular complexity index is 572. The number of ether oxygens (including phenoxy) is 1. The highest BCUT2D eigenvalue weighted by atomic mass is 32.1. The fraction of sp³-hybridized carbons (Fsp3) is 0.143. The second kappa shape index (κ2) is 5.67. The van der Waals surface area contributed by atoms with Crippen molar-refractivity contribution in [2.45, 2.75) is 12.8 Å². The van der Waals surface area contributed by atoms with E-state index in [0.29, 0.717) is 10.6 Å². The number of benzene rings is 1. The second-order valence-corrected chi connectivity index (χ2v) is 5.00. The van der Waals surface area contributed by atoms with E-state index >= 15 is 0 Å². The molecule has 0 bridgehead atoms. The predicted octanol–water partition coefficient (Wildman–Crippen LogP) is 2.83. The van der Waals surface area contributed by atoms with Gasteiger partial charge in [-0.3, -0.25) is 9.59 Å². The Balaban J connectivity index is 2.17. The maximum Gasteiger partial charge on any atom is 0.331 e. The van der Waals surface area contributed by atoms with Crippen molar-refractivity contribution in [2.75, 3.05) is 0 Å². The fourth-order valence-electron chi connectivity index (χ4n) is 1.58. The van der Waals surface area contributed by atoms with Gasteiger partial charge >= 0.3 is 11.9 Å². The molecular formula is C14H12O4S. The van der Waals surface area contributed by atoms with E-state index in [1.165, 1.54) is 11.3 Å². The number of hydrogen-bond donors (Lipinski definition) is 1. The molecule has 0 saturated carbocycles. The number of carbonyl (C=O) groups excluding carboxylic acids is 1. The Morgan fingerprint density at radius 2 is 1.89 bits per heavy atom. The smallest absolute Gasteiger partial charge is 0.331 e. The molecule has 0 amide bonds. The molecule has 2 rings (SSSR count). The minimum Gasteiger partial charge on any atom is -0.480 e. The molecule has 1 atom stereocenters. The Morgan fingerprint density at radius 1 is 1.21 bits per heavy atom. The van der Waals surface area contributed by atoms with E-state index < -0.39 is 17.9 Å². The lowest BCUT2D eigenvalue weighted by Crippen LogP contribution is -2.25. The Morgan fingerprint density at radius 3 is 2.42 bits per heavy atom. The lowest BCUT2D eigenvalue weighted by molar-refractivity contribution is -0.148. The first-order valence-electron chi connectivity index (χ1n) is 5.62. The summed E-state index contributed by atoms with van der Waals surface area (Å²) in [5.74, 6) is -2.92. The topological polar surface area (TPSA) is 63.6 Å². The van der Waals surface area contributed by atoms with Gasteiger partial charge in [0.2, 0.25) is 0 Å². The Hall–Kier alpha value is -2.14. The highest BCUT2D eigenvalue weighted by Gasteiger charge is 2.31. The van der Waals surface area contributed by atoms with Gasteiger partial charge in [-0.1, -0.05) is 23.8 Å². The first-order chi connectivity index (χ1) is 9.08. The molecule has 0 aliphatic heterocycles. The average molecular weight is 276 g/mol. The number of thiophene rings is 1. The summed E-state index contributed by atoms with van der Waals surface area (Å²) in [5, 5.41) is 10.9. The molecule has 0 radical (unpaired) electrons. The van der Waals surface area contributed by atoms with E-state index in [4.69, 9.17) is 9.84 Å². The van der Waals surface area contributed by atoms with Crippen LogP contribution in [0.4, 0.5) is 0 Å². The van der Waals surface area contributed by atoms with Gasteiger partial charge in [0, 0.05) is 4.88 Å². The molecule has 1 unspecified atom stereocenters. The van der Waals surface area contributed by atoms with Gasteiger partial charge in [-0.15, -0.1) is 11.3 Å². The first kappa shape index (κ1) is 13.3. The number of carboxylic acids is 1. The van der Waals surface area contributed by atoms with Crippen LogP contribution in [-0.2, 0) is 9.59 Å². The van der Waals surface area contributed by atoms with Crippen LogP contribution in [0.15, 0.2) is 41.8 Å². The van der Waals surface area contributed by atoms with Crippen LogP contribution in [0.3, 0.4) is 0 Å². The summed E-state index contributed by atoms with van der Waals surface area (Å²) >= 11 is 1.22. The number of rotatable bonds is 4. The molecule has 1 aromatic heterocycles. The molecule has 98 valence electrons.